The molecule has 0 aliphatic heterocycles. The molecule has 0 amide bonds. The van der Waals surface area contributed by atoms with Crippen LogP contribution < -0.4 is 15.4 Å². The molecule has 2 heterocycles. The number of aromatic nitrogens is 2. The number of guanidine groups is 1. The number of hydrogen-bond donors (Lipinski definition) is 3. The SMILES string of the molecule is CN=C(NCCc1c[nH]c2ccc(F)cc12)NCc1cccnc1OCCOC.I. The molecule has 9 heteroatoms. The maximum Gasteiger partial charge on any atom is 0.218 e. The minimum atomic E-state index is -0.233. The molecule has 2 aromatic heterocycles. The molecular weight excluding hydrogens is 500 g/mol. The van der Waals surface area contributed by atoms with Crippen molar-refractivity contribution in [1.82, 2.24) is 20.6 Å². The fraction of sp³-hybridized carbons (Fsp3) is 0.333. The van der Waals surface area contributed by atoms with Gasteiger partial charge in [-0.2, -0.15) is 0 Å². The Labute approximate surface area is 192 Å². The zero-order chi connectivity index (χ0) is 20.5. The summed E-state index contributed by atoms with van der Waals surface area (Å²) in [6.07, 6.45) is 4.35. The van der Waals surface area contributed by atoms with Crippen LogP contribution in [0.4, 0.5) is 4.39 Å². The number of nitrogens with one attached hydrogen (secondary N) is 3. The van der Waals surface area contributed by atoms with Crippen molar-refractivity contribution in [2.24, 2.45) is 4.99 Å². The van der Waals surface area contributed by atoms with E-state index in [9.17, 15) is 4.39 Å². The molecule has 30 heavy (non-hydrogen) atoms. The highest BCUT2D eigenvalue weighted by Gasteiger charge is 2.08. The Kier molecular flexibility index (Phi) is 9.81. The number of pyridine rings is 1. The van der Waals surface area contributed by atoms with E-state index in [0.29, 0.717) is 38.1 Å². The summed E-state index contributed by atoms with van der Waals surface area (Å²) in [5.41, 5.74) is 2.92. The normalized spacial score (nSPS) is 11.2. The van der Waals surface area contributed by atoms with Crippen LogP contribution >= 0.6 is 24.0 Å². The average Bonchev–Trinajstić information content (AvgIpc) is 3.13. The Bertz CT molecular complexity index is 963. The molecular formula is C21H27FIN5O2. The van der Waals surface area contributed by atoms with Gasteiger partial charge in [0.05, 0.1) is 6.61 Å². The summed E-state index contributed by atoms with van der Waals surface area (Å²) < 4.78 is 24.2. The number of benzene rings is 1. The van der Waals surface area contributed by atoms with Crippen molar-refractivity contribution in [3.05, 3.63) is 59.7 Å². The Balaban J connectivity index is 0.00000320. The van der Waals surface area contributed by atoms with E-state index in [-0.39, 0.29) is 29.8 Å². The minimum Gasteiger partial charge on any atom is -0.475 e. The van der Waals surface area contributed by atoms with Crippen molar-refractivity contribution in [2.75, 3.05) is 33.9 Å². The first-order valence-corrected chi connectivity index (χ1v) is 9.47. The second kappa shape index (κ2) is 12.3. The van der Waals surface area contributed by atoms with Gasteiger partial charge >= 0.3 is 0 Å². The number of fused-ring (bicyclic) bond motifs is 1. The van der Waals surface area contributed by atoms with Crippen LogP contribution in [0.2, 0.25) is 0 Å². The predicted octanol–water partition coefficient (Wildman–Crippen LogP) is 3.25. The van der Waals surface area contributed by atoms with Gasteiger partial charge in [-0.25, -0.2) is 9.37 Å². The first-order chi connectivity index (χ1) is 14.2. The third kappa shape index (κ3) is 6.56. The van der Waals surface area contributed by atoms with Gasteiger partial charge in [-0.1, -0.05) is 6.07 Å². The molecule has 7 nitrogen and oxygen atoms in total. The number of ether oxygens (including phenoxy) is 2. The largest absolute Gasteiger partial charge is 0.475 e. The van der Waals surface area contributed by atoms with E-state index in [1.807, 2.05) is 18.3 Å². The highest BCUT2D eigenvalue weighted by Crippen LogP contribution is 2.19. The Morgan fingerprint density at radius 2 is 2.07 bits per heavy atom. The van der Waals surface area contributed by atoms with Crippen LogP contribution in [-0.2, 0) is 17.7 Å². The molecule has 0 spiro atoms. The van der Waals surface area contributed by atoms with Gasteiger partial charge in [0.15, 0.2) is 5.96 Å². The van der Waals surface area contributed by atoms with Crippen LogP contribution in [0.1, 0.15) is 11.1 Å². The summed E-state index contributed by atoms with van der Waals surface area (Å²) in [4.78, 5) is 11.7. The molecule has 0 aliphatic rings. The summed E-state index contributed by atoms with van der Waals surface area (Å²) in [5, 5.41) is 7.45. The zero-order valence-corrected chi connectivity index (χ0v) is 19.4. The Morgan fingerprint density at radius 1 is 1.20 bits per heavy atom. The van der Waals surface area contributed by atoms with Gasteiger partial charge in [-0.05, 0) is 36.2 Å². The Morgan fingerprint density at radius 3 is 2.87 bits per heavy atom. The lowest BCUT2D eigenvalue weighted by molar-refractivity contribution is 0.143. The highest BCUT2D eigenvalue weighted by molar-refractivity contribution is 14.0. The lowest BCUT2D eigenvalue weighted by Gasteiger charge is -2.14. The van der Waals surface area contributed by atoms with Crippen molar-refractivity contribution in [3.8, 4) is 5.88 Å². The molecule has 0 radical (unpaired) electrons. The standard InChI is InChI=1S/C21H26FN5O2.HI/c1-23-21(27-14-16-4-3-8-24-20(16)29-11-10-28-2)25-9-7-15-13-26-19-6-5-17(22)12-18(15)19;/h3-6,8,12-13,26H,7,9-11,14H2,1-2H3,(H2,23,25,27);1H. The van der Waals surface area contributed by atoms with Gasteiger partial charge in [-0.15, -0.1) is 24.0 Å². The second-order valence-corrected chi connectivity index (χ2v) is 6.42. The molecule has 3 rings (SSSR count). The van der Waals surface area contributed by atoms with Crippen molar-refractivity contribution >= 4 is 40.8 Å². The summed E-state index contributed by atoms with van der Waals surface area (Å²) in [5.74, 6) is 1.01. The third-order valence-electron chi connectivity index (χ3n) is 4.46. The van der Waals surface area contributed by atoms with E-state index in [2.05, 4.69) is 25.6 Å². The van der Waals surface area contributed by atoms with Gasteiger partial charge in [0.1, 0.15) is 12.4 Å². The maximum atomic E-state index is 13.5. The number of aromatic amines is 1. The quantitative estimate of drug-likeness (QED) is 0.172. The number of rotatable bonds is 9. The highest BCUT2D eigenvalue weighted by atomic mass is 127. The number of methoxy groups -OCH3 is 1. The maximum absolute atomic E-state index is 13.5. The molecule has 1 aromatic carbocycles. The smallest absolute Gasteiger partial charge is 0.218 e. The van der Waals surface area contributed by atoms with Gasteiger partial charge in [0, 0.05) is 56.1 Å². The molecule has 0 atom stereocenters. The number of halogens is 2. The number of H-pyrrole nitrogens is 1. The van der Waals surface area contributed by atoms with E-state index in [0.717, 1.165) is 28.5 Å². The van der Waals surface area contributed by atoms with Crippen molar-refractivity contribution in [3.63, 3.8) is 0 Å². The van der Waals surface area contributed by atoms with Crippen LogP contribution in [0.25, 0.3) is 10.9 Å². The average molecular weight is 527 g/mol. The van der Waals surface area contributed by atoms with Crippen LogP contribution in [0, 0.1) is 5.82 Å². The number of hydrogen-bond acceptors (Lipinski definition) is 4. The van der Waals surface area contributed by atoms with E-state index < -0.39 is 0 Å². The third-order valence-corrected chi connectivity index (χ3v) is 4.46. The minimum absolute atomic E-state index is 0. The van der Waals surface area contributed by atoms with E-state index in [4.69, 9.17) is 9.47 Å². The molecule has 0 fully saturated rings. The lowest BCUT2D eigenvalue weighted by atomic mass is 10.1. The molecule has 0 saturated heterocycles. The first-order valence-electron chi connectivity index (χ1n) is 9.47. The monoisotopic (exact) mass is 527 g/mol. The topological polar surface area (TPSA) is 83.6 Å². The van der Waals surface area contributed by atoms with Crippen molar-refractivity contribution < 1.29 is 13.9 Å². The van der Waals surface area contributed by atoms with Gasteiger partial charge in [-0.3, -0.25) is 4.99 Å². The molecule has 3 aromatic rings. The lowest BCUT2D eigenvalue weighted by Crippen LogP contribution is -2.38. The zero-order valence-electron chi connectivity index (χ0n) is 17.1. The van der Waals surface area contributed by atoms with Crippen molar-refractivity contribution in [2.45, 2.75) is 13.0 Å². The second-order valence-electron chi connectivity index (χ2n) is 6.42. The first kappa shape index (κ1) is 23.9. The fourth-order valence-electron chi connectivity index (χ4n) is 2.98. The van der Waals surface area contributed by atoms with E-state index in [1.165, 1.54) is 6.07 Å². The summed E-state index contributed by atoms with van der Waals surface area (Å²) >= 11 is 0. The molecule has 0 bridgehead atoms. The summed E-state index contributed by atoms with van der Waals surface area (Å²) in [6.45, 7) is 2.13. The fourth-order valence-corrected chi connectivity index (χ4v) is 2.98. The van der Waals surface area contributed by atoms with Crippen molar-refractivity contribution in [1.29, 1.82) is 0 Å². The summed E-state index contributed by atoms with van der Waals surface area (Å²) in [7, 11) is 3.35. The van der Waals surface area contributed by atoms with Crippen LogP contribution in [0.5, 0.6) is 5.88 Å². The number of aliphatic imine (C=N–C) groups is 1. The molecule has 3 N–H and O–H groups in total. The van der Waals surface area contributed by atoms with Crippen LogP contribution in [0.3, 0.4) is 0 Å². The van der Waals surface area contributed by atoms with Crippen LogP contribution in [0.15, 0.2) is 47.7 Å². The van der Waals surface area contributed by atoms with Gasteiger partial charge in [0.25, 0.3) is 0 Å². The summed E-state index contributed by atoms with van der Waals surface area (Å²) in [6, 6.07) is 8.59. The van der Waals surface area contributed by atoms with Gasteiger partial charge < -0.3 is 25.1 Å². The molecule has 0 aliphatic carbocycles. The molecule has 0 saturated carbocycles. The Hall–Kier alpha value is -2.40. The predicted molar refractivity (Wildman–Crippen MR) is 127 cm³/mol. The van der Waals surface area contributed by atoms with E-state index >= 15 is 0 Å². The molecule has 162 valence electrons. The van der Waals surface area contributed by atoms with E-state index in [1.54, 1.807) is 32.5 Å². The van der Waals surface area contributed by atoms with Crippen LogP contribution in [-0.4, -0.2) is 49.8 Å². The van der Waals surface area contributed by atoms with Gasteiger partial charge in [0.2, 0.25) is 5.88 Å². The number of nitrogens with zero attached hydrogens (tertiary/aromatic N) is 2. The molecule has 0 unspecified atom stereocenters.